The molecule has 0 saturated heterocycles. The highest BCUT2D eigenvalue weighted by atomic mass is 35.5. The second-order valence-electron chi connectivity index (χ2n) is 3.07. The predicted octanol–water partition coefficient (Wildman–Crippen LogP) is 1.83. The topological polar surface area (TPSA) is 74.5 Å². The Bertz CT molecular complexity index is 610. The highest BCUT2D eigenvalue weighted by Gasteiger charge is 2.10. The van der Waals surface area contributed by atoms with Gasteiger partial charge in [0.15, 0.2) is 5.16 Å². The molecule has 7 heteroatoms. The van der Waals surface area contributed by atoms with Crippen LogP contribution in [0.15, 0.2) is 34.2 Å². The molecule has 86 valence electrons. The summed E-state index contributed by atoms with van der Waals surface area (Å²) in [6, 6.07) is 8.80. The van der Waals surface area contributed by atoms with E-state index in [1.54, 1.807) is 24.3 Å². The largest absolute Gasteiger partial charge is 0.348 e. The first-order chi connectivity index (χ1) is 8.22. The Labute approximate surface area is 106 Å². The van der Waals surface area contributed by atoms with E-state index in [9.17, 15) is 4.79 Å². The minimum atomic E-state index is -0.340. The number of benzene rings is 1. The lowest BCUT2D eigenvalue weighted by atomic mass is 10.3. The normalized spacial score (nSPS) is 10.1. The van der Waals surface area contributed by atoms with Crippen LogP contribution < -0.4 is 5.69 Å². The molecule has 2 aromatic rings. The molecule has 0 atom stereocenters. The van der Waals surface area contributed by atoms with Gasteiger partial charge in [0, 0.05) is 5.02 Å². The van der Waals surface area contributed by atoms with Gasteiger partial charge in [0.1, 0.15) is 0 Å². The third kappa shape index (κ3) is 2.52. The molecule has 0 saturated carbocycles. The maximum absolute atomic E-state index is 11.6. The molecule has 0 fully saturated rings. The molecule has 0 aliphatic rings. The van der Waals surface area contributed by atoms with Crippen LogP contribution in [0.4, 0.5) is 0 Å². The minimum Gasteiger partial charge on any atom is -0.246 e. The van der Waals surface area contributed by atoms with Gasteiger partial charge >= 0.3 is 5.69 Å². The summed E-state index contributed by atoms with van der Waals surface area (Å²) in [5.74, 6) is 0.234. The number of hydrogen-bond acceptors (Lipinski definition) is 4. The van der Waals surface area contributed by atoms with Crippen LogP contribution in [-0.2, 0) is 0 Å². The maximum atomic E-state index is 11.6. The second kappa shape index (κ2) is 5.08. The molecule has 0 aliphatic heterocycles. The van der Waals surface area contributed by atoms with Crippen molar-refractivity contribution >= 4 is 23.4 Å². The Kier molecular flexibility index (Phi) is 3.52. The van der Waals surface area contributed by atoms with Crippen LogP contribution >= 0.6 is 23.4 Å². The summed E-state index contributed by atoms with van der Waals surface area (Å²) in [7, 11) is 0. The lowest BCUT2D eigenvalue weighted by Crippen LogP contribution is -2.15. The maximum Gasteiger partial charge on any atom is 0.348 e. The van der Waals surface area contributed by atoms with Crippen LogP contribution in [0.5, 0.6) is 0 Å². The number of aromatic nitrogens is 3. The molecule has 1 aromatic heterocycles. The van der Waals surface area contributed by atoms with E-state index in [-0.39, 0.29) is 11.4 Å². The number of aromatic amines is 1. The number of nitrogens with one attached hydrogen (secondary N) is 1. The zero-order chi connectivity index (χ0) is 12.3. The zero-order valence-electron chi connectivity index (χ0n) is 8.55. The number of H-pyrrole nitrogens is 1. The summed E-state index contributed by atoms with van der Waals surface area (Å²) in [6.07, 6.45) is 0. The molecule has 0 bridgehead atoms. The van der Waals surface area contributed by atoms with E-state index < -0.39 is 0 Å². The molecule has 5 nitrogen and oxygen atoms in total. The Morgan fingerprint density at radius 3 is 2.82 bits per heavy atom. The minimum absolute atomic E-state index is 0.234. The van der Waals surface area contributed by atoms with Crippen molar-refractivity contribution in [2.45, 2.75) is 5.16 Å². The average Bonchev–Trinajstić information content (AvgIpc) is 2.69. The first kappa shape index (κ1) is 11.8. The number of nitrogens with zero attached hydrogens (tertiary/aromatic N) is 3. The van der Waals surface area contributed by atoms with Gasteiger partial charge in [-0.3, -0.25) is 0 Å². The van der Waals surface area contributed by atoms with Crippen molar-refractivity contribution in [2.75, 3.05) is 5.75 Å². The van der Waals surface area contributed by atoms with E-state index in [1.165, 1.54) is 16.3 Å². The number of halogens is 1. The second-order valence-corrected chi connectivity index (χ2v) is 4.45. The van der Waals surface area contributed by atoms with Gasteiger partial charge in [0.25, 0.3) is 0 Å². The van der Waals surface area contributed by atoms with E-state index in [1.807, 2.05) is 6.07 Å². The molecule has 17 heavy (non-hydrogen) atoms. The molecule has 0 unspecified atom stereocenters. The Morgan fingerprint density at radius 2 is 2.18 bits per heavy atom. The summed E-state index contributed by atoms with van der Waals surface area (Å²) in [6.45, 7) is 0. The fraction of sp³-hybridized carbons (Fsp3) is 0.100. The molecular weight excluding hydrogens is 260 g/mol. The highest BCUT2D eigenvalue weighted by molar-refractivity contribution is 7.99. The summed E-state index contributed by atoms with van der Waals surface area (Å²) in [5.41, 5.74) is 0.321. The molecule has 1 aromatic carbocycles. The Morgan fingerprint density at radius 1 is 1.47 bits per heavy atom. The standard InChI is InChI=1S/C10H7ClN4OS/c11-7-1-3-8(4-2-7)15-9(16)13-14-10(15)17-6-5-12/h1-4H,6H2,(H,13,16). The number of hydrogen-bond donors (Lipinski definition) is 1. The number of thioether (sulfide) groups is 1. The van der Waals surface area contributed by atoms with Crippen LogP contribution in [0.25, 0.3) is 5.69 Å². The monoisotopic (exact) mass is 266 g/mol. The summed E-state index contributed by atoms with van der Waals surface area (Å²) in [4.78, 5) is 11.6. The van der Waals surface area contributed by atoms with E-state index >= 15 is 0 Å². The summed E-state index contributed by atoms with van der Waals surface area (Å²) >= 11 is 6.97. The van der Waals surface area contributed by atoms with Crippen LogP contribution in [0.1, 0.15) is 0 Å². The van der Waals surface area contributed by atoms with Crippen LogP contribution in [0.2, 0.25) is 5.02 Å². The van der Waals surface area contributed by atoms with Crippen LogP contribution in [-0.4, -0.2) is 20.5 Å². The van der Waals surface area contributed by atoms with Crippen molar-refractivity contribution < 1.29 is 0 Å². The van der Waals surface area contributed by atoms with E-state index in [4.69, 9.17) is 16.9 Å². The Balaban J connectivity index is 2.44. The number of rotatable bonds is 3. The van der Waals surface area contributed by atoms with Gasteiger partial charge in [0.2, 0.25) is 0 Å². The summed E-state index contributed by atoms with van der Waals surface area (Å²) < 4.78 is 1.40. The van der Waals surface area contributed by atoms with Gasteiger partial charge in [-0.1, -0.05) is 23.4 Å². The first-order valence-electron chi connectivity index (χ1n) is 4.65. The van der Waals surface area contributed by atoms with Gasteiger partial charge in [-0.2, -0.15) is 5.26 Å². The lowest BCUT2D eigenvalue weighted by Gasteiger charge is -2.03. The third-order valence-corrected chi connectivity index (χ3v) is 3.05. The third-order valence-electron chi connectivity index (χ3n) is 1.99. The van der Waals surface area contributed by atoms with Crippen LogP contribution in [0, 0.1) is 11.3 Å². The van der Waals surface area contributed by atoms with Crippen molar-refractivity contribution in [2.24, 2.45) is 0 Å². The lowest BCUT2D eigenvalue weighted by molar-refractivity contribution is 0.871. The molecule has 1 N–H and O–H groups in total. The zero-order valence-corrected chi connectivity index (χ0v) is 10.1. The SMILES string of the molecule is N#CCSc1n[nH]c(=O)n1-c1ccc(Cl)cc1. The number of nitriles is 1. The van der Waals surface area contributed by atoms with Crippen molar-refractivity contribution in [1.29, 1.82) is 5.26 Å². The predicted molar refractivity (Wildman–Crippen MR) is 65.5 cm³/mol. The molecule has 2 rings (SSSR count). The highest BCUT2D eigenvalue weighted by Crippen LogP contribution is 2.18. The fourth-order valence-corrected chi connectivity index (χ4v) is 2.04. The molecule has 0 amide bonds. The van der Waals surface area contributed by atoms with Gasteiger partial charge in [-0.25, -0.2) is 14.5 Å². The molecule has 0 aliphatic carbocycles. The van der Waals surface area contributed by atoms with Crippen molar-refractivity contribution in [3.8, 4) is 11.8 Å². The average molecular weight is 267 g/mol. The van der Waals surface area contributed by atoms with E-state index in [0.29, 0.717) is 15.9 Å². The Hall–Kier alpha value is -1.71. The van der Waals surface area contributed by atoms with Crippen molar-refractivity contribution in [3.05, 3.63) is 39.8 Å². The van der Waals surface area contributed by atoms with Crippen molar-refractivity contribution in [3.63, 3.8) is 0 Å². The fourth-order valence-electron chi connectivity index (χ4n) is 1.29. The molecular formula is C10H7ClN4OS. The molecule has 0 radical (unpaired) electrons. The quantitative estimate of drug-likeness (QED) is 0.860. The first-order valence-corrected chi connectivity index (χ1v) is 6.02. The van der Waals surface area contributed by atoms with Crippen LogP contribution in [0.3, 0.4) is 0 Å². The van der Waals surface area contributed by atoms with Gasteiger partial charge in [-0.05, 0) is 24.3 Å². The van der Waals surface area contributed by atoms with Crippen molar-refractivity contribution in [1.82, 2.24) is 14.8 Å². The van der Waals surface area contributed by atoms with Gasteiger partial charge in [0.05, 0.1) is 17.5 Å². The summed E-state index contributed by atoms with van der Waals surface area (Å²) in [5, 5.41) is 15.8. The van der Waals surface area contributed by atoms with Gasteiger partial charge in [-0.15, -0.1) is 5.10 Å². The molecule has 0 spiro atoms. The molecule has 1 heterocycles. The van der Waals surface area contributed by atoms with Gasteiger partial charge < -0.3 is 0 Å². The van der Waals surface area contributed by atoms with E-state index in [2.05, 4.69) is 10.2 Å². The van der Waals surface area contributed by atoms with E-state index in [0.717, 1.165) is 0 Å². The smallest absolute Gasteiger partial charge is 0.246 e.